The van der Waals surface area contributed by atoms with Crippen LogP contribution in [0.5, 0.6) is 17.2 Å². The molecular weight excluding hydrogens is 168 g/mol. The lowest BCUT2D eigenvalue weighted by Gasteiger charge is -2.13. The summed E-state index contributed by atoms with van der Waals surface area (Å²) in [5, 5.41) is 28.4. The van der Waals surface area contributed by atoms with Gasteiger partial charge in [-0.2, -0.15) is 0 Å². The smallest absolute Gasteiger partial charge is 0.164 e. The van der Waals surface area contributed by atoms with Gasteiger partial charge in [-0.1, -0.05) is 13.8 Å². The quantitative estimate of drug-likeness (QED) is 0.461. The molecule has 3 heteroatoms. The molecule has 0 spiro atoms. The highest BCUT2D eigenvalue weighted by Crippen LogP contribution is 2.41. The van der Waals surface area contributed by atoms with E-state index < -0.39 is 0 Å². The van der Waals surface area contributed by atoms with Gasteiger partial charge in [-0.15, -0.1) is 0 Å². The van der Waals surface area contributed by atoms with Crippen LogP contribution >= 0.6 is 0 Å². The molecule has 0 bridgehead atoms. The summed E-state index contributed by atoms with van der Waals surface area (Å²) in [5.41, 5.74) is 0.863. The zero-order valence-corrected chi connectivity index (χ0v) is 8.00. The fourth-order valence-corrected chi connectivity index (χ4v) is 1.36. The molecule has 0 atom stereocenters. The number of aryl methyl sites for hydroxylation is 1. The van der Waals surface area contributed by atoms with Crippen molar-refractivity contribution in [2.24, 2.45) is 0 Å². The summed E-state index contributed by atoms with van der Waals surface area (Å²) in [6.45, 7) is 5.30. The fourth-order valence-electron chi connectivity index (χ4n) is 1.36. The molecule has 13 heavy (non-hydrogen) atoms. The first kappa shape index (κ1) is 9.71. The van der Waals surface area contributed by atoms with Crippen molar-refractivity contribution >= 4 is 0 Å². The van der Waals surface area contributed by atoms with E-state index in [2.05, 4.69) is 0 Å². The van der Waals surface area contributed by atoms with Gasteiger partial charge in [0.2, 0.25) is 0 Å². The Kier molecular flexibility index (Phi) is 2.36. The van der Waals surface area contributed by atoms with Crippen LogP contribution in [0.3, 0.4) is 0 Å². The molecule has 0 heterocycles. The van der Waals surface area contributed by atoms with Crippen LogP contribution in [-0.4, -0.2) is 15.3 Å². The SMILES string of the molecule is Cc1cc(O)c(C(C)C)c(O)c1O. The minimum Gasteiger partial charge on any atom is -0.508 e. The van der Waals surface area contributed by atoms with Gasteiger partial charge in [-0.3, -0.25) is 0 Å². The normalized spacial score (nSPS) is 10.8. The number of rotatable bonds is 1. The molecule has 3 N–H and O–H groups in total. The molecule has 1 aromatic carbocycles. The highest BCUT2D eigenvalue weighted by atomic mass is 16.3. The van der Waals surface area contributed by atoms with E-state index in [-0.39, 0.29) is 23.2 Å². The van der Waals surface area contributed by atoms with Crippen LogP contribution < -0.4 is 0 Å². The van der Waals surface area contributed by atoms with Gasteiger partial charge in [-0.25, -0.2) is 0 Å². The predicted octanol–water partition coefficient (Wildman–Crippen LogP) is 2.24. The Morgan fingerprint density at radius 2 is 1.62 bits per heavy atom. The number of benzene rings is 1. The lowest BCUT2D eigenvalue weighted by molar-refractivity contribution is 0.384. The summed E-state index contributed by atoms with van der Waals surface area (Å²) < 4.78 is 0. The van der Waals surface area contributed by atoms with E-state index in [1.165, 1.54) is 6.07 Å². The van der Waals surface area contributed by atoms with Gasteiger partial charge in [0.05, 0.1) is 0 Å². The Labute approximate surface area is 77.3 Å². The maximum Gasteiger partial charge on any atom is 0.164 e. The van der Waals surface area contributed by atoms with Crippen LogP contribution in [0.25, 0.3) is 0 Å². The van der Waals surface area contributed by atoms with Crippen LogP contribution in [0.4, 0.5) is 0 Å². The van der Waals surface area contributed by atoms with Crippen molar-refractivity contribution in [1.29, 1.82) is 0 Å². The molecule has 0 aromatic heterocycles. The van der Waals surface area contributed by atoms with E-state index in [4.69, 9.17) is 0 Å². The maximum absolute atomic E-state index is 9.52. The average molecular weight is 182 g/mol. The third kappa shape index (κ3) is 1.54. The summed E-state index contributed by atoms with van der Waals surface area (Å²) in [6, 6.07) is 1.45. The van der Waals surface area contributed by atoms with Crippen molar-refractivity contribution in [2.75, 3.05) is 0 Å². The molecule has 1 aromatic rings. The summed E-state index contributed by atoms with van der Waals surface area (Å²) in [6.07, 6.45) is 0. The number of aromatic hydroxyl groups is 3. The second-order valence-electron chi connectivity index (χ2n) is 3.48. The largest absolute Gasteiger partial charge is 0.508 e. The molecule has 72 valence electrons. The van der Waals surface area contributed by atoms with Crippen molar-refractivity contribution in [2.45, 2.75) is 26.7 Å². The summed E-state index contributed by atoms with van der Waals surface area (Å²) in [5.74, 6) is -0.358. The topological polar surface area (TPSA) is 60.7 Å². The van der Waals surface area contributed by atoms with Crippen molar-refractivity contribution < 1.29 is 15.3 Å². The Morgan fingerprint density at radius 1 is 1.08 bits per heavy atom. The third-order valence-corrected chi connectivity index (χ3v) is 2.06. The van der Waals surface area contributed by atoms with E-state index in [0.29, 0.717) is 11.1 Å². The molecular formula is C10H14O3. The lowest BCUT2D eigenvalue weighted by atomic mass is 9.98. The second-order valence-corrected chi connectivity index (χ2v) is 3.48. The van der Waals surface area contributed by atoms with E-state index in [9.17, 15) is 15.3 Å². The van der Waals surface area contributed by atoms with E-state index in [1.807, 2.05) is 13.8 Å². The zero-order valence-electron chi connectivity index (χ0n) is 8.00. The lowest BCUT2D eigenvalue weighted by Crippen LogP contribution is -1.91. The maximum atomic E-state index is 9.52. The third-order valence-electron chi connectivity index (χ3n) is 2.06. The molecule has 0 aliphatic rings. The van der Waals surface area contributed by atoms with Crippen LogP contribution in [-0.2, 0) is 0 Å². The van der Waals surface area contributed by atoms with E-state index >= 15 is 0 Å². The molecule has 1 rings (SSSR count). The molecule has 0 radical (unpaired) electrons. The Hall–Kier alpha value is -1.38. The van der Waals surface area contributed by atoms with Gasteiger partial charge in [0.15, 0.2) is 11.5 Å². The number of phenols is 3. The van der Waals surface area contributed by atoms with Gasteiger partial charge in [0.25, 0.3) is 0 Å². The Balaban J connectivity index is 3.44. The summed E-state index contributed by atoms with van der Waals surface area (Å²) in [4.78, 5) is 0. The van der Waals surface area contributed by atoms with Crippen LogP contribution in [0, 0.1) is 6.92 Å². The van der Waals surface area contributed by atoms with Gasteiger partial charge >= 0.3 is 0 Å². The standard InChI is InChI=1S/C10H14O3/c1-5(2)8-7(11)4-6(3)9(12)10(8)13/h4-5,11-13H,1-3H3. The fraction of sp³-hybridized carbons (Fsp3) is 0.400. The average Bonchev–Trinajstić information content (AvgIpc) is 1.99. The minimum atomic E-state index is -0.215. The predicted molar refractivity (Wildman–Crippen MR) is 50.3 cm³/mol. The van der Waals surface area contributed by atoms with Crippen molar-refractivity contribution in [3.8, 4) is 17.2 Å². The van der Waals surface area contributed by atoms with E-state index in [1.54, 1.807) is 6.92 Å². The Bertz CT molecular complexity index is 329. The first-order chi connectivity index (χ1) is 5.95. The van der Waals surface area contributed by atoms with Crippen LogP contribution in [0.15, 0.2) is 6.07 Å². The number of phenolic OH excluding ortho intramolecular Hbond substituents is 3. The highest BCUT2D eigenvalue weighted by Gasteiger charge is 2.16. The molecule has 0 unspecified atom stereocenters. The van der Waals surface area contributed by atoms with Gasteiger partial charge < -0.3 is 15.3 Å². The highest BCUT2D eigenvalue weighted by molar-refractivity contribution is 5.57. The van der Waals surface area contributed by atoms with Crippen molar-refractivity contribution in [3.05, 3.63) is 17.2 Å². The molecule has 0 amide bonds. The Morgan fingerprint density at radius 3 is 2.08 bits per heavy atom. The van der Waals surface area contributed by atoms with Crippen LogP contribution in [0.1, 0.15) is 30.9 Å². The summed E-state index contributed by atoms with van der Waals surface area (Å²) >= 11 is 0. The first-order valence-electron chi connectivity index (χ1n) is 4.19. The van der Waals surface area contributed by atoms with Crippen molar-refractivity contribution in [3.63, 3.8) is 0 Å². The van der Waals surface area contributed by atoms with E-state index in [0.717, 1.165) is 0 Å². The minimum absolute atomic E-state index is 0.0218. The zero-order chi connectivity index (χ0) is 10.2. The molecule has 3 nitrogen and oxygen atoms in total. The first-order valence-corrected chi connectivity index (χ1v) is 4.19. The van der Waals surface area contributed by atoms with Gasteiger partial charge in [0.1, 0.15) is 5.75 Å². The molecule has 0 saturated heterocycles. The molecule has 0 aliphatic heterocycles. The molecule has 0 saturated carbocycles. The van der Waals surface area contributed by atoms with Gasteiger partial charge in [0, 0.05) is 5.56 Å². The van der Waals surface area contributed by atoms with Crippen LogP contribution in [0.2, 0.25) is 0 Å². The second kappa shape index (κ2) is 3.17. The van der Waals surface area contributed by atoms with Gasteiger partial charge in [-0.05, 0) is 24.5 Å². The summed E-state index contributed by atoms with van der Waals surface area (Å²) in [7, 11) is 0. The number of hydrogen-bond donors (Lipinski definition) is 3. The molecule has 0 aliphatic carbocycles. The molecule has 0 fully saturated rings. The monoisotopic (exact) mass is 182 g/mol. The van der Waals surface area contributed by atoms with Crippen molar-refractivity contribution in [1.82, 2.24) is 0 Å². The number of hydrogen-bond acceptors (Lipinski definition) is 3.